The summed E-state index contributed by atoms with van der Waals surface area (Å²) in [4.78, 5) is 5.45. The van der Waals surface area contributed by atoms with Crippen LogP contribution in [0.1, 0.15) is 22.6 Å². The fourth-order valence-electron chi connectivity index (χ4n) is 7.91. The van der Waals surface area contributed by atoms with Crippen LogP contribution in [0.25, 0.3) is 60.9 Å². The van der Waals surface area contributed by atoms with E-state index in [0.29, 0.717) is 0 Å². The Morgan fingerprint density at radius 1 is 0.468 bits per heavy atom. The second kappa shape index (κ2) is 10.3. The maximum Gasteiger partial charge on any atom is 0.0686 e. The third kappa shape index (κ3) is 4.08. The van der Waals surface area contributed by atoms with Crippen LogP contribution in [0.4, 0.5) is 5.69 Å². The highest BCUT2D eigenvalue weighted by molar-refractivity contribution is 6.15. The minimum Gasteiger partial charge on any atom is -0.309 e. The zero-order valence-electron chi connectivity index (χ0n) is 25.8. The van der Waals surface area contributed by atoms with Crippen molar-refractivity contribution in [1.29, 1.82) is 0 Å². The Balaban J connectivity index is 1.17. The molecule has 1 aliphatic heterocycles. The third-order valence-corrected chi connectivity index (χ3v) is 10.1. The van der Waals surface area contributed by atoms with E-state index in [0.717, 1.165) is 17.8 Å². The first-order valence-electron chi connectivity index (χ1n) is 16.4. The lowest BCUT2D eigenvalue weighted by Gasteiger charge is -2.33. The van der Waals surface area contributed by atoms with Gasteiger partial charge in [-0.05, 0) is 87.3 Å². The van der Waals surface area contributed by atoms with Crippen LogP contribution in [-0.4, -0.2) is 10.3 Å². The fraction of sp³-hybridized carbons (Fsp3) is 0.0444. The topological polar surface area (TPSA) is 17.3 Å². The predicted molar refractivity (Wildman–Crippen MR) is 196 cm³/mol. The summed E-state index contributed by atoms with van der Waals surface area (Å²) < 4.78 is 2.42. The van der Waals surface area contributed by atoms with E-state index in [-0.39, 0.29) is 5.92 Å². The number of rotatable bonds is 3. The Kier molecular flexibility index (Phi) is 5.73. The Morgan fingerprint density at radius 3 is 1.70 bits per heavy atom. The summed E-state index contributed by atoms with van der Waals surface area (Å²) in [5, 5.41) is 2.50. The molecule has 1 aliphatic carbocycles. The minimum atomic E-state index is 0.264. The van der Waals surface area contributed by atoms with Crippen LogP contribution < -0.4 is 0 Å². The van der Waals surface area contributed by atoms with E-state index in [9.17, 15) is 0 Å². The molecule has 2 nitrogen and oxygen atoms in total. The van der Waals surface area contributed by atoms with Gasteiger partial charge in [0, 0.05) is 27.9 Å². The molecule has 0 N–H and O–H groups in total. The molecule has 0 fully saturated rings. The average molecular weight is 599 g/mol. The number of hydrogen-bond acceptors (Lipinski definition) is 1. The van der Waals surface area contributed by atoms with Crippen molar-refractivity contribution in [3.8, 4) is 39.1 Å². The second-order valence-corrected chi connectivity index (χ2v) is 12.7. The molecular formula is C45H30N2. The van der Waals surface area contributed by atoms with Gasteiger partial charge in [-0.25, -0.2) is 0 Å². The van der Waals surface area contributed by atoms with Gasteiger partial charge in [0.2, 0.25) is 0 Å². The molecule has 0 saturated heterocycles. The smallest absolute Gasteiger partial charge is 0.0686 e. The van der Waals surface area contributed by atoms with Crippen LogP contribution in [0.5, 0.6) is 0 Å². The van der Waals surface area contributed by atoms with Gasteiger partial charge in [-0.3, -0.25) is 4.99 Å². The van der Waals surface area contributed by atoms with Gasteiger partial charge in [-0.15, -0.1) is 0 Å². The van der Waals surface area contributed by atoms with Gasteiger partial charge < -0.3 is 4.57 Å². The van der Waals surface area contributed by atoms with E-state index in [2.05, 4.69) is 168 Å². The van der Waals surface area contributed by atoms with Crippen LogP contribution in [-0.2, 0) is 6.42 Å². The van der Waals surface area contributed by atoms with Crippen molar-refractivity contribution in [2.45, 2.75) is 12.3 Å². The van der Waals surface area contributed by atoms with Crippen LogP contribution in [0.2, 0.25) is 0 Å². The highest BCUT2D eigenvalue weighted by Crippen LogP contribution is 2.46. The van der Waals surface area contributed by atoms with Crippen molar-refractivity contribution in [3.63, 3.8) is 0 Å². The number of hydrogen-bond donors (Lipinski definition) is 0. The van der Waals surface area contributed by atoms with Gasteiger partial charge in [0.25, 0.3) is 0 Å². The van der Waals surface area contributed by atoms with E-state index in [4.69, 9.17) is 4.99 Å². The molecule has 1 atom stereocenters. The van der Waals surface area contributed by atoms with E-state index in [1.54, 1.807) is 0 Å². The molecule has 47 heavy (non-hydrogen) atoms. The maximum atomic E-state index is 5.45. The van der Waals surface area contributed by atoms with Gasteiger partial charge in [0.15, 0.2) is 0 Å². The fourth-order valence-corrected chi connectivity index (χ4v) is 7.91. The second-order valence-electron chi connectivity index (χ2n) is 12.7. The molecular weight excluding hydrogens is 569 g/mol. The summed E-state index contributed by atoms with van der Waals surface area (Å²) in [5.41, 5.74) is 17.2. The van der Waals surface area contributed by atoms with Crippen LogP contribution in [0.15, 0.2) is 169 Å². The van der Waals surface area contributed by atoms with Gasteiger partial charge in [-0.2, -0.15) is 0 Å². The Morgan fingerprint density at radius 2 is 1.04 bits per heavy atom. The molecule has 1 unspecified atom stereocenters. The number of fused-ring (bicyclic) bond motifs is 10. The molecule has 2 aliphatic rings. The lowest BCUT2D eigenvalue weighted by Crippen LogP contribution is -2.24. The number of aliphatic imine (C=N–C) groups is 1. The van der Waals surface area contributed by atoms with Crippen LogP contribution >= 0.6 is 0 Å². The maximum absolute atomic E-state index is 5.45. The Hall–Kier alpha value is -5.99. The van der Waals surface area contributed by atoms with Gasteiger partial charge >= 0.3 is 0 Å². The Bertz CT molecular complexity index is 2440. The summed E-state index contributed by atoms with van der Waals surface area (Å²) in [7, 11) is 0. The quantitative estimate of drug-likeness (QED) is 0.192. The van der Waals surface area contributed by atoms with Crippen molar-refractivity contribution < 1.29 is 0 Å². The van der Waals surface area contributed by atoms with Gasteiger partial charge in [0.1, 0.15) is 0 Å². The van der Waals surface area contributed by atoms with Crippen molar-refractivity contribution in [1.82, 2.24) is 4.57 Å². The number of aromatic nitrogens is 1. The monoisotopic (exact) mass is 598 g/mol. The molecule has 0 bridgehead atoms. The van der Waals surface area contributed by atoms with E-state index in [1.807, 2.05) is 0 Å². The lowest BCUT2D eigenvalue weighted by atomic mass is 9.73. The molecule has 0 saturated carbocycles. The normalized spacial score (nSPS) is 14.6. The van der Waals surface area contributed by atoms with E-state index in [1.165, 1.54) is 77.6 Å². The summed E-state index contributed by atoms with van der Waals surface area (Å²) in [6.07, 6.45) is 0.952. The van der Waals surface area contributed by atoms with Gasteiger partial charge in [0.05, 0.1) is 22.4 Å². The van der Waals surface area contributed by atoms with E-state index >= 15 is 0 Å². The minimum absolute atomic E-state index is 0.264. The summed E-state index contributed by atoms with van der Waals surface area (Å²) in [5.74, 6) is 0.264. The highest BCUT2D eigenvalue weighted by atomic mass is 15.0. The van der Waals surface area contributed by atoms with Crippen molar-refractivity contribution in [3.05, 3.63) is 180 Å². The van der Waals surface area contributed by atoms with Crippen molar-refractivity contribution in [2.75, 3.05) is 0 Å². The molecule has 220 valence electrons. The first-order chi connectivity index (χ1) is 23.3. The lowest BCUT2D eigenvalue weighted by molar-refractivity contribution is 0.854. The number of nitrogens with zero attached hydrogens (tertiary/aromatic N) is 2. The van der Waals surface area contributed by atoms with Crippen molar-refractivity contribution >= 4 is 33.2 Å². The zero-order valence-corrected chi connectivity index (χ0v) is 25.8. The third-order valence-electron chi connectivity index (χ3n) is 10.1. The SMILES string of the molecule is c1ccc(-c2ccc3c(c2)c2cc(-c4ccccc4)ccc2n3-c2ccc3c(c2)N=C2c4ccccc4-c4ccccc4C2C3)cc1. The molecule has 8 aromatic rings. The standard InChI is InChI=1S/C45H30N2/c1-3-11-29(12-4-1)31-20-23-43-39(25-31)40-26-32(30-13-5-2-6-14-30)21-24-44(40)47(43)34-22-19-33-27-41-37-17-8-7-15-35(37)36-16-9-10-18-38(36)45(41)46-42(33)28-34/h1-26,28,41H,27H2. The highest BCUT2D eigenvalue weighted by Gasteiger charge is 2.33. The largest absolute Gasteiger partial charge is 0.309 e. The molecule has 0 radical (unpaired) electrons. The average Bonchev–Trinajstić information content (AvgIpc) is 3.48. The summed E-state index contributed by atoms with van der Waals surface area (Å²) >= 11 is 0. The number of benzene rings is 7. The first-order valence-corrected chi connectivity index (χ1v) is 16.4. The zero-order chi connectivity index (χ0) is 30.9. The predicted octanol–water partition coefficient (Wildman–Crippen LogP) is 11.6. The van der Waals surface area contributed by atoms with Crippen LogP contribution in [0.3, 0.4) is 0 Å². The molecule has 10 rings (SSSR count). The van der Waals surface area contributed by atoms with Crippen molar-refractivity contribution in [2.24, 2.45) is 4.99 Å². The molecule has 1 aromatic heterocycles. The summed E-state index contributed by atoms with van der Waals surface area (Å²) in [6.45, 7) is 0. The van der Waals surface area contributed by atoms with E-state index < -0.39 is 0 Å². The first kappa shape index (κ1) is 26.2. The van der Waals surface area contributed by atoms with Gasteiger partial charge in [-0.1, -0.05) is 127 Å². The molecule has 2 heteroatoms. The molecule has 0 amide bonds. The summed E-state index contributed by atoms with van der Waals surface area (Å²) in [6, 6.07) is 59.7. The molecule has 7 aromatic carbocycles. The molecule has 2 heterocycles. The Labute approximate surface area is 273 Å². The van der Waals surface area contributed by atoms with Crippen LogP contribution in [0, 0.1) is 0 Å². The molecule has 0 spiro atoms.